The molecule has 18 heavy (non-hydrogen) atoms. The number of amides is 1. The van der Waals surface area contributed by atoms with Crippen LogP contribution in [0.3, 0.4) is 0 Å². The average molecular weight is 248 g/mol. The number of benzene rings is 1. The van der Waals surface area contributed by atoms with Gasteiger partial charge in [0, 0.05) is 6.04 Å². The van der Waals surface area contributed by atoms with Crippen molar-refractivity contribution in [2.45, 2.75) is 31.8 Å². The van der Waals surface area contributed by atoms with Crippen LogP contribution in [0.15, 0.2) is 24.3 Å². The molecule has 0 aliphatic heterocycles. The number of ether oxygens (including phenoxy) is 1. The van der Waals surface area contributed by atoms with Crippen LogP contribution in [0.5, 0.6) is 5.75 Å². The predicted octanol–water partition coefficient (Wildman–Crippen LogP) is 1.62. The van der Waals surface area contributed by atoms with Gasteiger partial charge in [-0.2, -0.15) is 0 Å². The van der Waals surface area contributed by atoms with E-state index in [1.54, 1.807) is 7.11 Å². The van der Waals surface area contributed by atoms with E-state index in [2.05, 4.69) is 10.6 Å². The van der Waals surface area contributed by atoms with Crippen LogP contribution in [0.4, 0.5) is 0 Å². The van der Waals surface area contributed by atoms with E-state index >= 15 is 0 Å². The zero-order valence-corrected chi connectivity index (χ0v) is 10.9. The third-order valence-electron chi connectivity index (χ3n) is 3.12. The highest BCUT2D eigenvalue weighted by atomic mass is 16.5. The summed E-state index contributed by atoms with van der Waals surface area (Å²) in [5.41, 5.74) is 1.08. The monoisotopic (exact) mass is 248 g/mol. The molecule has 1 aromatic rings. The van der Waals surface area contributed by atoms with Gasteiger partial charge in [0.15, 0.2) is 0 Å². The summed E-state index contributed by atoms with van der Waals surface area (Å²) in [6.07, 6.45) is 2.39. The molecule has 0 unspecified atom stereocenters. The molecule has 0 heterocycles. The maximum atomic E-state index is 11.7. The smallest absolute Gasteiger partial charge is 0.234 e. The first kappa shape index (κ1) is 12.9. The fourth-order valence-electron chi connectivity index (χ4n) is 1.79. The van der Waals surface area contributed by atoms with Crippen LogP contribution in [-0.2, 0) is 4.79 Å². The van der Waals surface area contributed by atoms with E-state index in [-0.39, 0.29) is 11.9 Å². The number of nitrogens with one attached hydrogen (secondary N) is 2. The van der Waals surface area contributed by atoms with Crippen LogP contribution < -0.4 is 15.4 Å². The zero-order chi connectivity index (χ0) is 13.0. The Morgan fingerprint density at radius 2 is 2.06 bits per heavy atom. The highest BCUT2D eigenvalue weighted by Gasteiger charge is 2.21. The molecule has 0 spiro atoms. The Morgan fingerprint density at radius 3 is 2.61 bits per heavy atom. The standard InChI is InChI=1S/C14H20N2O2/c1-10(11-3-7-13(18-2)8-4-11)16-14(17)9-15-12-5-6-12/h3-4,7-8,10,12,15H,5-6,9H2,1-2H3,(H,16,17)/t10-/m0/s1. The highest BCUT2D eigenvalue weighted by molar-refractivity contribution is 5.78. The minimum absolute atomic E-state index is 0.0180. The molecule has 0 saturated heterocycles. The lowest BCUT2D eigenvalue weighted by Gasteiger charge is -2.15. The number of carbonyl (C=O) groups is 1. The number of methoxy groups -OCH3 is 1. The summed E-state index contributed by atoms with van der Waals surface area (Å²) in [7, 11) is 1.64. The normalized spacial score (nSPS) is 16.1. The van der Waals surface area contributed by atoms with E-state index in [0.717, 1.165) is 11.3 Å². The van der Waals surface area contributed by atoms with Crippen molar-refractivity contribution in [2.75, 3.05) is 13.7 Å². The molecular formula is C14H20N2O2. The molecule has 1 fully saturated rings. The first-order valence-electron chi connectivity index (χ1n) is 6.35. The van der Waals surface area contributed by atoms with E-state index in [1.807, 2.05) is 31.2 Å². The summed E-state index contributed by atoms with van der Waals surface area (Å²) >= 11 is 0. The predicted molar refractivity (Wildman–Crippen MR) is 70.6 cm³/mol. The van der Waals surface area contributed by atoms with Gasteiger partial charge in [-0.3, -0.25) is 4.79 Å². The average Bonchev–Trinajstić information content (AvgIpc) is 3.20. The SMILES string of the molecule is COc1ccc([C@H](C)NC(=O)CNC2CC2)cc1. The Bertz CT molecular complexity index is 399. The molecule has 2 rings (SSSR count). The van der Waals surface area contributed by atoms with Gasteiger partial charge in [-0.15, -0.1) is 0 Å². The number of hydrogen-bond acceptors (Lipinski definition) is 3. The molecule has 98 valence electrons. The molecule has 0 bridgehead atoms. The molecule has 1 saturated carbocycles. The van der Waals surface area contributed by atoms with Crippen molar-refractivity contribution < 1.29 is 9.53 Å². The van der Waals surface area contributed by atoms with E-state index in [4.69, 9.17) is 4.74 Å². The summed E-state index contributed by atoms with van der Waals surface area (Å²) in [6.45, 7) is 2.39. The zero-order valence-electron chi connectivity index (χ0n) is 10.9. The van der Waals surface area contributed by atoms with E-state index in [0.29, 0.717) is 12.6 Å². The minimum Gasteiger partial charge on any atom is -0.497 e. The Labute approximate surface area is 108 Å². The first-order valence-corrected chi connectivity index (χ1v) is 6.35. The molecule has 2 N–H and O–H groups in total. The minimum atomic E-state index is 0.0180. The molecular weight excluding hydrogens is 228 g/mol. The van der Waals surface area contributed by atoms with Crippen LogP contribution in [0.1, 0.15) is 31.4 Å². The Balaban J connectivity index is 1.81. The van der Waals surface area contributed by atoms with E-state index in [9.17, 15) is 4.79 Å². The van der Waals surface area contributed by atoms with Crippen LogP contribution in [-0.4, -0.2) is 25.6 Å². The Morgan fingerprint density at radius 1 is 1.39 bits per heavy atom. The summed E-state index contributed by atoms with van der Waals surface area (Å²) in [6, 6.07) is 8.33. The van der Waals surface area contributed by atoms with Gasteiger partial charge in [0.2, 0.25) is 5.91 Å². The van der Waals surface area contributed by atoms with Crippen molar-refractivity contribution in [3.8, 4) is 5.75 Å². The molecule has 4 nitrogen and oxygen atoms in total. The fourth-order valence-corrected chi connectivity index (χ4v) is 1.79. The second kappa shape index (κ2) is 5.87. The summed E-state index contributed by atoms with van der Waals surface area (Å²) in [5.74, 6) is 0.873. The van der Waals surface area contributed by atoms with Crippen LogP contribution in [0, 0.1) is 0 Å². The fraction of sp³-hybridized carbons (Fsp3) is 0.500. The maximum Gasteiger partial charge on any atom is 0.234 e. The van der Waals surface area contributed by atoms with Gasteiger partial charge in [-0.25, -0.2) is 0 Å². The molecule has 0 aromatic heterocycles. The topological polar surface area (TPSA) is 50.4 Å². The van der Waals surface area contributed by atoms with E-state index < -0.39 is 0 Å². The van der Waals surface area contributed by atoms with Crippen molar-refractivity contribution in [1.82, 2.24) is 10.6 Å². The second-order valence-electron chi connectivity index (χ2n) is 4.72. The lowest BCUT2D eigenvalue weighted by atomic mass is 10.1. The second-order valence-corrected chi connectivity index (χ2v) is 4.72. The lowest BCUT2D eigenvalue weighted by Crippen LogP contribution is -2.36. The van der Waals surface area contributed by atoms with Crippen molar-refractivity contribution >= 4 is 5.91 Å². The van der Waals surface area contributed by atoms with Crippen molar-refractivity contribution in [3.63, 3.8) is 0 Å². The molecule has 1 aliphatic carbocycles. The van der Waals surface area contributed by atoms with Gasteiger partial charge in [0.1, 0.15) is 5.75 Å². The van der Waals surface area contributed by atoms with Crippen molar-refractivity contribution in [1.29, 1.82) is 0 Å². The lowest BCUT2D eigenvalue weighted by molar-refractivity contribution is -0.120. The Kier molecular flexibility index (Phi) is 4.20. The van der Waals surface area contributed by atoms with Gasteiger partial charge < -0.3 is 15.4 Å². The third-order valence-corrected chi connectivity index (χ3v) is 3.12. The van der Waals surface area contributed by atoms with Crippen LogP contribution >= 0.6 is 0 Å². The number of rotatable bonds is 6. The quantitative estimate of drug-likeness (QED) is 0.804. The molecule has 0 radical (unpaired) electrons. The van der Waals surface area contributed by atoms with Crippen molar-refractivity contribution in [3.05, 3.63) is 29.8 Å². The van der Waals surface area contributed by atoms with Crippen molar-refractivity contribution in [2.24, 2.45) is 0 Å². The summed E-state index contributed by atoms with van der Waals surface area (Å²) < 4.78 is 5.10. The molecule has 1 aliphatic rings. The molecule has 4 heteroatoms. The largest absolute Gasteiger partial charge is 0.497 e. The maximum absolute atomic E-state index is 11.7. The summed E-state index contributed by atoms with van der Waals surface area (Å²) in [4.78, 5) is 11.7. The molecule has 1 aromatic carbocycles. The van der Waals surface area contributed by atoms with Gasteiger partial charge in [-0.1, -0.05) is 12.1 Å². The first-order chi connectivity index (χ1) is 8.69. The Hall–Kier alpha value is -1.55. The van der Waals surface area contributed by atoms with Gasteiger partial charge in [-0.05, 0) is 37.5 Å². The summed E-state index contributed by atoms with van der Waals surface area (Å²) in [5, 5.41) is 6.17. The highest BCUT2D eigenvalue weighted by Crippen LogP contribution is 2.18. The van der Waals surface area contributed by atoms with Crippen LogP contribution in [0.25, 0.3) is 0 Å². The van der Waals surface area contributed by atoms with E-state index in [1.165, 1.54) is 12.8 Å². The molecule has 1 atom stereocenters. The number of hydrogen-bond donors (Lipinski definition) is 2. The van der Waals surface area contributed by atoms with Crippen LogP contribution in [0.2, 0.25) is 0 Å². The van der Waals surface area contributed by atoms with Gasteiger partial charge >= 0.3 is 0 Å². The number of carbonyl (C=O) groups excluding carboxylic acids is 1. The van der Waals surface area contributed by atoms with Gasteiger partial charge in [0.05, 0.1) is 19.7 Å². The van der Waals surface area contributed by atoms with Gasteiger partial charge in [0.25, 0.3) is 0 Å². The third kappa shape index (κ3) is 3.74. The molecule has 1 amide bonds.